The van der Waals surface area contributed by atoms with Gasteiger partial charge in [0, 0.05) is 6.42 Å². The van der Waals surface area contributed by atoms with Crippen LogP contribution >= 0.6 is 0 Å². The Hall–Kier alpha value is -1.59. The molecule has 0 bridgehead atoms. The number of hydrogen-bond donors (Lipinski definition) is 1. The van der Waals surface area contributed by atoms with Gasteiger partial charge in [0.05, 0.1) is 13.1 Å². The summed E-state index contributed by atoms with van der Waals surface area (Å²) >= 11 is 0. The molecule has 0 unspecified atom stereocenters. The number of ketones is 1. The van der Waals surface area contributed by atoms with Crippen LogP contribution in [-0.4, -0.2) is 18.9 Å². The summed E-state index contributed by atoms with van der Waals surface area (Å²) in [6.45, 7) is 2.81. The smallest absolute Gasteiger partial charge is 0.150 e. The normalized spacial score (nSPS) is 9.60. The van der Waals surface area contributed by atoms with E-state index in [-0.39, 0.29) is 5.78 Å². The van der Waals surface area contributed by atoms with E-state index in [9.17, 15) is 4.79 Å². The van der Waals surface area contributed by atoms with Gasteiger partial charge in [-0.05, 0) is 12.5 Å². The van der Waals surface area contributed by atoms with Crippen molar-refractivity contribution >= 4 is 5.78 Å². The molecule has 0 fully saturated rings. The molecule has 1 aromatic carbocycles. The summed E-state index contributed by atoms with van der Waals surface area (Å²) < 4.78 is 0. The zero-order valence-electron chi connectivity index (χ0n) is 8.92. The minimum Gasteiger partial charge on any atom is -0.299 e. The predicted molar refractivity (Wildman–Crippen MR) is 61.6 cm³/mol. The predicted octanol–water partition coefficient (Wildman–Crippen LogP) is 1.33. The van der Waals surface area contributed by atoms with Crippen molar-refractivity contribution in [1.29, 1.82) is 0 Å². The Kier molecular flexibility index (Phi) is 4.59. The Bertz CT molecular complexity index is 376. The number of rotatable bonds is 5. The van der Waals surface area contributed by atoms with Crippen LogP contribution in [0.1, 0.15) is 11.1 Å². The molecule has 0 aliphatic heterocycles. The zero-order chi connectivity index (χ0) is 11.1. The third-order valence-electron chi connectivity index (χ3n) is 2.03. The van der Waals surface area contributed by atoms with Gasteiger partial charge in [-0.15, -0.1) is 6.42 Å². The molecule has 2 heteroatoms. The second-order valence-corrected chi connectivity index (χ2v) is 3.51. The van der Waals surface area contributed by atoms with Crippen LogP contribution in [0, 0.1) is 19.3 Å². The highest BCUT2D eigenvalue weighted by atomic mass is 16.1. The van der Waals surface area contributed by atoms with E-state index in [1.54, 1.807) is 0 Å². The average molecular weight is 201 g/mol. The van der Waals surface area contributed by atoms with Crippen molar-refractivity contribution in [3.8, 4) is 12.3 Å². The van der Waals surface area contributed by atoms with Crippen LogP contribution in [0.2, 0.25) is 0 Å². The molecule has 0 saturated carbocycles. The topological polar surface area (TPSA) is 29.1 Å². The first-order valence-electron chi connectivity index (χ1n) is 4.94. The second-order valence-electron chi connectivity index (χ2n) is 3.51. The van der Waals surface area contributed by atoms with Gasteiger partial charge in [-0.1, -0.05) is 35.7 Å². The SMILES string of the molecule is C#CCNCC(=O)Cc1cccc(C)c1. The highest BCUT2D eigenvalue weighted by Crippen LogP contribution is 2.04. The van der Waals surface area contributed by atoms with Gasteiger partial charge < -0.3 is 0 Å². The van der Waals surface area contributed by atoms with E-state index in [2.05, 4.69) is 11.2 Å². The van der Waals surface area contributed by atoms with Gasteiger partial charge >= 0.3 is 0 Å². The molecule has 1 N–H and O–H groups in total. The van der Waals surface area contributed by atoms with Gasteiger partial charge in [0.1, 0.15) is 0 Å². The van der Waals surface area contributed by atoms with Gasteiger partial charge in [0.25, 0.3) is 0 Å². The number of Topliss-reactive ketones (excluding diaryl/α,β-unsaturated/α-hetero) is 1. The summed E-state index contributed by atoms with van der Waals surface area (Å²) in [6.07, 6.45) is 5.53. The first kappa shape index (κ1) is 11.5. The van der Waals surface area contributed by atoms with E-state index in [0.717, 1.165) is 5.56 Å². The van der Waals surface area contributed by atoms with Crippen LogP contribution in [-0.2, 0) is 11.2 Å². The molecule has 0 amide bonds. The quantitative estimate of drug-likeness (QED) is 0.575. The van der Waals surface area contributed by atoms with E-state index in [0.29, 0.717) is 19.5 Å². The van der Waals surface area contributed by atoms with Gasteiger partial charge in [-0.2, -0.15) is 0 Å². The fourth-order valence-corrected chi connectivity index (χ4v) is 1.39. The number of terminal acetylenes is 1. The lowest BCUT2D eigenvalue weighted by atomic mass is 10.1. The maximum atomic E-state index is 11.5. The molecule has 0 aliphatic rings. The van der Waals surface area contributed by atoms with Crippen LogP contribution in [0.3, 0.4) is 0 Å². The third-order valence-corrected chi connectivity index (χ3v) is 2.03. The van der Waals surface area contributed by atoms with E-state index < -0.39 is 0 Å². The molecule has 0 saturated heterocycles. The minimum atomic E-state index is 0.163. The number of hydrogen-bond acceptors (Lipinski definition) is 2. The lowest BCUT2D eigenvalue weighted by Crippen LogP contribution is -2.24. The minimum absolute atomic E-state index is 0.163. The van der Waals surface area contributed by atoms with Gasteiger partial charge in [0.2, 0.25) is 0 Å². The van der Waals surface area contributed by atoms with E-state index in [4.69, 9.17) is 6.42 Å². The Morgan fingerprint density at radius 1 is 1.53 bits per heavy atom. The van der Waals surface area contributed by atoms with E-state index >= 15 is 0 Å². The molecule has 0 atom stereocenters. The van der Waals surface area contributed by atoms with Crippen LogP contribution in [0.5, 0.6) is 0 Å². The molecule has 1 aromatic rings. The first-order chi connectivity index (χ1) is 7.22. The molecule has 0 aliphatic carbocycles. The summed E-state index contributed by atoms with van der Waals surface area (Å²) in [4.78, 5) is 11.5. The van der Waals surface area contributed by atoms with Crippen molar-refractivity contribution in [3.63, 3.8) is 0 Å². The maximum Gasteiger partial charge on any atom is 0.150 e. The molecule has 1 rings (SSSR count). The van der Waals surface area contributed by atoms with Crippen molar-refractivity contribution in [2.24, 2.45) is 0 Å². The average Bonchev–Trinajstić information content (AvgIpc) is 2.18. The summed E-state index contributed by atoms with van der Waals surface area (Å²) in [5.74, 6) is 2.60. The summed E-state index contributed by atoms with van der Waals surface area (Å²) in [7, 11) is 0. The number of nitrogens with one attached hydrogen (secondary N) is 1. The Labute approximate surface area is 90.7 Å². The molecule has 2 nitrogen and oxygen atoms in total. The van der Waals surface area contributed by atoms with Crippen molar-refractivity contribution in [3.05, 3.63) is 35.4 Å². The summed E-state index contributed by atoms with van der Waals surface area (Å²) in [6, 6.07) is 7.97. The molecular formula is C13H15NO. The molecule has 78 valence electrons. The molecule has 0 heterocycles. The highest BCUT2D eigenvalue weighted by molar-refractivity contribution is 5.82. The molecule has 0 aromatic heterocycles. The number of carbonyl (C=O) groups excluding carboxylic acids is 1. The fraction of sp³-hybridized carbons (Fsp3) is 0.308. The molecule has 0 spiro atoms. The third kappa shape index (κ3) is 4.44. The Morgan fingerprint density at radius 3 is 3.00 bits per heavy atom. The van der Waals surface area contributed by atoms with Crippen LogP contribution < -0.4 is 5.32 Å². The maximum absolute atomic E-state index is 11.5. The Morgan fingerprint density at radius 2 is 2.33 bits per heavy atom. The van der Waals surface area contributed by atoms with E-state index in [1.165, 1.54) is 5.56 Å². The standard InChI is InChI=1S/C13H15NO/c1-3-7-14-10-13(15)9-12-6-4-5-11(2)8-12/h1,4-6,8,14H,7,9-10H2,2H3. The lowest BCUT2D eigenvalue weighted by Gasteiger charge is -2.02. The largest absolute Gasteiger partial charge is 0.299 e. The zero-order valence-corrected chi connectivity index (χ0v) is 8.92. The van der Waals surface area contributed by atoms with Crippen molar-refractivity contribution in [2.45, 2.75) is 13.3 Å². The first-order valence-corrected chi connectivity index (χ1v) is 4.94. The van der Waals surface area contributed by atoms with Crippen LogP contribution in [0.4, 0.5) is 0 Å². The highest BCUT2D eigenvalue weighted by Gasteiger charge is 2.02. The fourth-order valence-electron chi connectivity index (χ4n) is 1.39. The summed E-state index contributed by atoms with van der Waals surface area (Å²) in [5, 5.41) is 2.88. The second kappa shape index (κ2) is 6.00. The van der Waals surface area contributed by atoms with Crippen molar-refractivity contribution in [2.75, 3.05) is 13.1 Å². The lowest BCUT2D eigenvalue weighted by molar-refractivity contribution is -0.117. The van der Waals surface area contributed by atoms with Gasteiger partial charge in [-0.3, -0.25) is 10.1 Å². The molecule has 15 heavy (non-hydrogen) atoms. The Balaban J connectivity index is 2.42. The number of aryl methyl sites for hydroxylation is 1. The van der Waals surface area contributed by atoms with Gasteiger partial charge in [-0.25, -0.2) is 0 Å². The van der Waals surface area contributed by atoms with Crippen molar-refractivity contribution in [1.82, 2.24) is 5.32 Å². The van der Waals surface area contributed by atoms with Crippen LogP contribution in [0.25, 0.3) is 0 Å². The molecule has 0 radical (unpaired) electrons. The molecular weight excluding hydrogens is 186 g/mol. The van der Waals surface area contributed by atoms with Crippen LogP contribution in [0.15, 0.2) is 24.3 Å². The van der Waals surface area contributed by atoms with Gasteiger partial charge in [0.15, 0.2) is 5.78 Å². The summed E-state index contributed by atoms with van der Waals surface area (Å²) in [5.41, 5.74) is 2.24. The van der Waals surface area contributed by atoms with E-state index in [1.807, 2.05) is 31.2 Å². The monoisotopic (exact) mass is 201 g/mol. The number of carbonyl (C=O) groups is 1. The number of benzene rings is 1. The van der Waals surface area contributed by atoms with Crippen molar-refractivity contribution < 1.29 is 4.79 Å².